The Labute approximate surface area is 121 Å². The van der Waals surface area contributed by atoms with Gasteiger partial charge in [0.2, 0.25) is 5.89 Å². The van der Waals surface area contributed by atoms with E-state index in [0.29, 0.717) is 12.4 Å². The zero-order chi connectivity index (χ0) is 14.1. The van der Waals surface area contributed by atoms with E-state index in [1.807, 2.05) is 24.0 Å². The minimum atomic E-state index is 0.119. The molecule has 0 aromatic carbocycles. The van der Waals surface area contributed by atoms with E-state index in [-0.39, 0.29) is 11.8 Å². The lowest BCUT2D eigenvalue weighted by molar-refractivity contribution is 0.0708. The van der Waals surface area contributed by atoms with Gasteiger partial charge in [-0.15, -0.1) is 11.3 Å². The number of carbonyl (C=O) groups is 1. The van der Waals surface area contributed by atoms with Crippen molar-refractivity contribution in [2.24, 2.45) is 0 Å². The summed E-state index contributed by atoms with van der Waals surface area (Å²) >= 11 is 1.55. The predicted octanol–water partition coefficient (Wildman–Crippen LogP) is 2.77. The number of nitrogens with zero attached hydrogens (tertiary/aromatic N) is 3. The molecule has 1 aliphatic heterocycles. The maximum absolute atomic E-state index is 12.5. The Hall–Kier alpha value is -1.69. The van der Waals surface area contributed by atoms with E-state index >= 15 is 0 Å². The molecular weight excluding hydrogens is 274 g/mol. The molecule has 3 rings (SSSR count). The SMILES string of the molecule is Cc1nc([C@@H]2CCCN(C(=O)c3ccc(C)s3)C2)no1. The molecule has 0 radical (unpaired) electrons. The minimum absolute atomic E-state index is 0.119. The highest BCUT2D eigenvalue weighted by molar-refractivity contribution is 7.13. The lowest BCUT2D eigenvalue weighted by atomic mass is 9.97. The second-order valence-corrected chi connectivity index (χ2v) is 6.46. The summed E-state index contributed by atoms with van der Waals surface area (Å²) in [6, 6.07) is 3.90. The number of carbonyl (C=O) groups excluding carboxylic acids is 1. The Balaban J connectivity index is 1.73. The van der Waals surface area contributed by atoms with Gasteiger partial charge < -0.3 is 9.42 Å². The van der Waals surface area contributed by atoms with Crippen LogP contribution in [-0.2, 0) is 0 Å². The van der Waals surface area contributed by atoms with Crippen molar-refractivity contribution >= 4 is 17.2 Å². The number of aryl methyl sites for hydroxylation is 2. The molecule has 106 valence electrons. The van der Waals surface area contributed by atoms with E-state index in [9.17, 15) is 4.79 Å². The molecule has 1 saturated heterocycles. The monoisotopic (exact) mass is 291 g/mol. The van der Waals surface area contributed by atoms with Gasteiger partial charge in [0.25, 0.3) is 5.91 Å². The number of thiophene rings is 1. The second kappa shape index (κ2) is 5.36. The second-order valence-electron chi connectivity index (χ2n) is 5.17. The lowest BCUT2D eigenvalue weighted by Crippen LogP contribution is -2.39. The molecule has 0 bridgehead atoms. The van der Waals surface area contributed by atoms with E-state index < -0.39 is 0 Å². The first-order valence-corrected chi connectivity index (χ1v) is 7.61. The normalized spacial score (nSPS) is 19.3. The molecule has 0 spiro atoms. The summed E-state index contributed by atoms with van der Waals surface area (Å²) in [5.41, 5.74) is 0. The van der Waals surface area contributed by atoms with Crippen LogP contribution in [0.5, 0.6) is 0 Å². The highest BCUT2D eigenvalue weighted by Gasteiger charge is 2.28. The number of likely N-dealkylation sites (tertiary alicyclic amines) is 1. The van der Waals surface area contributed by atoms with Crippen molar-refractivity contribution in [2.75, 3.05) is 13.1 Å². The van der Waals surface area contributed by atoms with Crippen LogP contribution in [0.3, 0.4) is 0 Å². The van der Waals surface area contributed by atoms with Crippen LogP contribution in [-0.4, -0.2) is 34.0 Å². The molecule has 0 N–H and O–H groups in total. The molecule has 2 aromatic heterocycles. The Bertz CT molecular complexity index is 619. The van der Waals surface area contributed by atoms with Crippen molar-refractivity contribution < 1.29 is 9.32 Å². The standard InChI is InChI=1S/C14H17N3O2S/c1-9-5-6-12(20-9)14(18)17-7-3-4-11(8-17)13-15-10(2)19-16-13/h5-6,11H,3-4,7-8H2,1-2H3/t11-/m1/s1. The van der Waals surface area contributed by atoms with Crippen molar-refractivity contribution in [1.29, 1.82) is 0 Å². The van der Waals surface area contributed by atoms with Crippen LogP contribution >= 0.6 is 11.3 Å². The summed E-state index contributed by atoms with van der Waals surface area (Å²) < 4.78 is 5.04. The summed E-state index contributed by atoms with van der Waals surface area (Å²) in [5.74, 6) is 1.61. The first-order chi connectivity index (χ1) is 9.63. The van der Waals surface area contributed by atoms with Gasteiger partial charge in [0.15, 0.2) is 5.82 Å². The lowest BCUT2D eigenvalue weighted by Gasteiger charge is -2.30. The van der Waals surface area contributed by atoms with Crippen LogP contribution in [0.4, 0.5) is 0 Å². The van der Waals surface area contributed by atoms with Gasteiger partial charge in [-0.2, -0.15) is 4.98 Å². The number of aromatic nitrogens is 2. The van der Waals surface area contributed by atoms with Crippen LogP contribution in [0.25, 0.3) is 0 Å². The Kier molecular flexibility index (Phi) is 3.56. The van der Waals surface area contributed by atoms with Crippen LogP contribution in [0.1, 0.15) is 45.0 Å². The fourth-order valence-corrected chi connectivity index (χ4v) is 3.39. The van der Waals surface area contributed by atoms with Crippen molar-refractivity contribution in [3.05, 3.63) is 33.6 Å². The van der Waals surface area contributed by atoms with Gasteiger partial charge in [0.05, 0.1) is 4.88 Å². The Morgan fingerprint density at radius 2 is 2.30 bits per heavy atom. The van der Waals surface area contributed by atoms with E-state index in [2.05, 4.69) is 10.1 Å². The number of hydrogen-bond donors (Lipinski definition) is 0. The van der Waals surface area contributed by atoms with E-state index in [1.54, 1.807) is 18.3 Å². The molecule has 1 aliphatic rings. The van der Waals surface area contributed by atoms with Gasteiger partial charge in [0, 0.05) is 30.8 Å². The van der Waals surface area contributed by atoms with Crippen LogP contribution in [0.15, 0.2) is 16.7 Å². The minimum Gasteiger partial charge on any atom is -0.340 e. The molecule has 3 heterocycles. The maximum atomic E-state index is 12.5. The zero-order valence-corrected chi connectivity index (χ0v) is 12.4. The summed E-state index contributed by atoms with van der Waals surface area (Å²) in [6.45, 7) is 5.29. The number of piperidine rings is 1. The van der Waals surface area contributed by atoms with Gasteiger partial charge in [-0.25, -0.2) is 0 Å². The Morgan fingerprint density at radius 1 is 1.45 bits per heavy atom. The molecule has 2 aromatic rings. The molecule has 0 unspecified atom stereocenters. The van der Waals surface area contributed by atoms with Crippen molar-refractivity contribution in [3.8, 4) is 0 Å². The average Bonchev–Trinajstić information content (AvgIpc) is 3.07. The number of amides is 1. The molecule has 0 saturated carbocycles. The van der Waals surface area contributed by atoms with E-state index in [1.165, 1.54) is 0 Å². The molecule has 0 aliphatic carbocycles. The molecule has 20 heavy (non-hydrogen) atoms. The fourth-order valence-electron chi connectivity index (χ4n) is 2.56. The van der Waals surface area contributed by atoms with Crippen LogP contribution < -0.4 is 0 Å². The summed E-state index contributed by atoms with van der Waals surface area (Å²) in [4.78, 5) is 20.6. The van der Waals surface area contributed by atoms with Crippen LogP contribution in [0, 0.1) is 13.8 Å². The number of hydrogen-bond acceptors (Lipinski definition) is 5. The Morgan fingerprint density at radius 3 is 2.95 bits per heavy atom. The van der Waals surface area contributed by atoms with Crippen molar-refractivity contribution in [3.63, 3.8) is 0 Å². The molecule has 6 heteroatoms. The summed E-state index contributed by atoms with van der Waals surface area (Å²) in [7, 11) is 0. The third kappa shape index (κ3) is 2.60. The van der Waals surface area contributed by atoms with Gasteiger partial charge in [-0.3, -0.25) is 4.79 Å². The van der Waals surface area contributed by atoms with E-state index in [0.717, 1.165) is 35.0 Å². The molecule has 1 fully saturated rings. The predicted molar refractivity (Wildman–Crippen MR) is 76.0 cm³/mol. The van der Waals surface area contributed by atoms with Crippen molar-refractivity contribution in [1.82, 2.24) is 15.0 Å². The zero-order valence-electron chi connectivity index (χ0n) is 11.6. The summed E-state index contributed by atoms with van der Waals surface area (Å²) in [5, 5.41) is 3.99. The largest absolute Gasteiger partial charge is 0.340 e. The number of rotatable bonds is 2. The van der Waals surface area contributed by atoms with Gasteiger partial charge in [-0.1, -0.05) is 5.16 Å². The van der Waals surface area contributed by atoms with Gasteiger partial charge >= 0.3 is 0 Å². The van der Waals surface area contributed by atoms with E-state index in [4.69, 9.17) is 4.52 Å². The molecule has 1 atom stereocenters. The first kappa shape index (κ1) is 13.3. The topological polar surface area (TPSA) is 59.2 Å². The molecular formula is C14H17N3O2S. The van der Waals surface area contributed by atoms with Gasteiger partial charge in [-0.05, 0) is 31.9 Å². The highest BCUT2D eigenvalue weighted by atomic mass is 32.1. The van der Waals surface area contributed by atoms with Crippen LogP contribution in [0.2, 0.25) is 0 Å². The maximum Gasteiger partial charge on any atom is 0.263 e. The summed E-state index contributed by atoms with van der Waals surface area (Å²) in [6.07, 6.45) is 1.99. The van der Waals surface area contributed by atoms with Crippen molar-refractivity contribution in [2.45, 2.75) is 32.6 Å². The quantitative estimate of drug-likeness (QED) is 0.853. The average molecular weight is 291 g/mol. The smallest absolute Gasteiger partial charge is 0.263 e. The fraction of sp³-hybridized carbons (Fsp3) is 0.500. The third-order valence-corrected chi connectivity index (χ3v) is 4.56. The molecule has 5 nitrogen and oxygen atoms in total. The highest BCUT2D eigenvalue weighted by Crippen LogP contribution is 2.27. The third-order valence-electron chi connectivity index (χ3n) is 3.57. The molecule has 1 amide bonds. The first-order valence-electron chi connectivity index (χ1n) is 6.79. The van der Waals surface area contributed by atoms with Gasteiger partial charge in [0.1, 0.15) is 0 Å².